The van der Waals surface area contributed by atoms with Gasteiger partial charge in [0.05, 0.1) is 6.04 Å². The minimum absolute atomic E-state index is 0.0705. The fourth-order valence-corrected chi connectivity index (χ4v) is 2.10. The SMILES string of the molecule is CCCCC(NN)c1cc2cc(Cl)ccc2o1. The summed E-state index contributed by atoms with van der Waals surface area (Å²) in [5.41, 5.74) is 3.65. The van der Waals surface area contributed by atoms with Crippen LogP contribution in [0.15, 0.2) is 28.7 Å². The third-order valence-corrected chi connectivity index (χ3v) is 3.12. The minimum Gasteiger partial charge on any atom is -0.459 e. The maximum Gasteiger partial charge on any atom is 0.134 e. The molecular weight excluding hydrogens is 236 g/mol. The monoisotopic (exact) mass is 252 g/mol. The summed E-state index contributed by atoms with van der Waals surface area (Å²) in [6, 6.07) is 7.68. The topological polar surface area (TPSA) is 51.2 Å². The van der Waals surface area contributed by atoms with E-state index in [-0.39, 0.29) is 6.04 Å². The molecule has 2 aromatic rings. The number of fused-ring (bicyclic) bond motifs is 1. The number of rotatable bonds is 5. The molecule has 1 unspecified atom stereocenters. The number of hydrogen-bond donors (Lipinski definition) is 2. The van der Waals surface area contributed by atoms with E-state index in [0.717, 1.165) is 41.0 Å². The van der Waals surface area contributed by atoms with Crippen molar-refractivity contribution in [3.8, 4) is 0 Å². The standard InChI is InChI=1S/C13H17ClN2O/c1-2-3-4-11(16-15)13-8-9-7-10(14)5-6-12(9)17-13/h5-8,11,16H,2-4,15H2,1H3. The van der Waals surface area contributed by atoms with Gasteiger partial charge in [0.25, 0.3) is 0 Å². The van der Waals surface area contributed by atoms with Crippen molar-refractivity contribution in [2.75, 3.05) is 0 Å². The van der Waals surface area contributed by atoms with Gasteiger partial charge < -0.3 is 4.42 Å². The molecule has 2 rings (SSSR count). The van der Waals surface area contributed by atoms with E-state index in [1.54, 1.807) is 0 Å². The first-order valence-electron chi connectivity index (χ1n) is 5.89. The van der Waals surface area contributed by atoms with Gasteiger partial charge in [-0.3, -0.25) is 5.84 Å². The Labute approximate surface area is 106 Å². The maximum absolute atomic E-state index is 5.94. The maximum atomic E-state index is 5.94. The Bertz CT molecular complexity index is 495. The zero-order valence-electron chi connectivity index (χ0n) is 9.87. The number of hydrazine groups is 1. The third kappa shape index (κ3) is 2.80. The van der Waals surface area contributed by atoms with Crippen molar-refractivity contribution in [2.45, 2.75) is 32.2 Å². The van der Waals surface area contributed by atoms with Gasteiger partial charge in [-0.05, 0) is 30.7 Å². The van der Waals surface area contributed by atoms with Gasteiger partial charge in [-0.15, -0.1) is 0 Å². The number of unbranched alkanes of at least 4 members (excludes halogenated alkanes) is 1. The molecule has 17 heavy (non-hydrogen) atoms. The highest BCUT2D eigenvalue weighted by Gasteiger charge is 2.14. The van der Waals surface area contributed by atoms with Gasteiger partial charge in [0.15, 0.2) is 0 Å². The van der Waals surface area contributed by atoms with Crippen molar-refractivity contribution < 1.29 is 4.42 Å². The second-order valence-corrected chi connectivity index (χ2v) is 4.63. The van der Waals surface area contributed by atoms with Gasteiger partial charge >= 0.3 is 0 Å². The Kier molecular flexibility index (Phi) is 4.05. The van der Waals surface area contributed by atoms with E-state index in [2.05, 4.69) is 12.3 Å². The molecule has 0 aliphatic carbocycles. The van der Waals surface area contributed by atoms with Crippen LogP contribution in [0.25, 0.3) is 11.0 Å². The summed E-state index contributed by atoms with van der Waals surface area (Å²) in [7, 11) is 0. The van der Waals surface area contributed by atoms with Gasteiger partial charge in [-0.1, -0.05) is 31.4 Å². The van der Waals surface area contributed by atoms with Crippen LogP contribution >= 0.6 is 11.6 Å². The predicted molar refractivity (Wildman–Crippen MR) is 70.8 cm³/mol. The number of hydrogen-bond acceptors (Lipinski definition) is 3. The van der Waals surface area contributed by atoms with Crippen LogP contribution in [0.3, 0.4) is 0 Å². The van der Waals surface area contributed by atoms with Crippen molar-refractivity contribution in [2.24, 2.45) is 5.84 Å². The zero-order chi connectivity index (χ0) is 12.3. The van der Waals surface area contributed by atoms with Crippen molar-refractivity contribution >= 4 is 22.6 Å². The molecule has 0 radical (unpaired) electrons. The van der Waals surface area contributed by atoms with E-state index in [1.165, 1.54) is 0 Å². The molecule has 0 saturated carbocycles. The van der Waals surface area contributed by atoms with Crippen molar-refractivity contribution in [1.29, 1.82) is 0 Å². The zero-order valence-corrected chi connectivity index (χ0v) is 10.6. The van der Waals surface area contributed by atoms with Gasteiger partial charge in [0, 0.05) is 10.4 Å². The van der Waals surface area contributed by atoms with E-state index in [0.29, 0.717) is 0 Å². The molecule has 0 aliphatic heterocycles. The first-order valence-corrected chi connectivity index (χ1v) is 6.27. The van der Waals surface area contributed by atoms with E-state index in [1.807, 2.05) is 24.3 Å². The molecule has 0 aliphatic rings. The summed E-state index contributed by atoms with van der Waals surface area (Å²) >= 11 is 5.94. The molecule has 0 bridgehead atoms. The average Bonchev–Trinajstić information content (AvgIpc) is 2.72. The number of nitrogens with two attached hydrogens (primary N) is 1. The highest BCUT2D eigenvalue weighted by atomic mass is 35.5. The summed E-state index contributed by atoms with van der Waals surface area (Å²) in [4.78, 5) is 0. The normalized spacial score (nSPS) is 13.1. The van der Waals surface area contributed by atoms with E-state index in [9.17, 15) is 0 Å². The Morgan fingerprint density at radius 3 is 2.94 bits per heavy atom. The summed E-state index contributed by atoms with van der Waals surface area (Å²) in [6.07, 6.45) is 3.23. The highest BCUT2D eigenvalue weighted by Crippen LogP contribution is 2.28. The van der Waals surface area contributed by atoms with Crippen LogP contribution in [-0.2, 0) is 0 Å². The summed E-state index contributed by atoms with van der Waals surface area (Å²) in [5, 5.41) is 1.74. The number of benzene rings is 1. The fraction of sp³-hybridized carbons (Fsp3) is 0.385. The molecule has 92 valence electrons. The van der Waals surface area contributed by atoms with E-state index < -0.39 is 0 Å². The van der Waals surface area contributed by atoms with Gasteiger partial charge in [0.1, 0.15) is 11.3 Å². The van der Waals surface area contributed by atoms with Gasteiger partial charge in [0.2, 0.25) is 0 Å². The molecule has 4 heteroatoms. The van der Waals surface area contributed by atoms with Crippen LogP contribution in [0.5, 0.6) is 0 Å². The first-order chi connectivity index (χ1) is 8.24. The van der Waals surface area contributed by atoms with Crippen LogP contribution in [-0.4, -0.2) is 0 Å². The van der Waals surface area contributed by atoms with Crippen LogP contribution < -0.4 is 11.3 Å². The highest BCUT2D eigenvalue weighted by molar-refractivity contribution is 6.31. The van der Waals surface area contributed by atoms with Gasteiger partial charge in [-0.25, -0.2) is 5.43 Å². The molecule has 0 fully saturated rings. The smallest absolute Gasteiger partial charge is 0.134 e. The molecule has 0 saturated heterocycles. The summed E-state index contributed by atoms with van der Waals surface area (Å²) in [5.74, 6) is 6.43. The lowest BCUT2D eigenvalue weighted by Crippen LogP contribution is -2.27. The minimum atomic E-state index is 0.0705. The molecule has 0 amide bonds. The largest absolute Gasteiger partial charge is 0.459 e. The lowest BCUT2D eigenvalue weighted by atomic mass is 10.1. The predicted octanol–water partition coefficient (Wildman–Crippen LogP) is 3.78. The van der Waals surface area contributed by atoms with Crippen molar-refractivity contribution in [3.63, 3.8) is 0 Å². The van der Waals surface area contributed by atoms with Crippen LogP contribution in [0.2, 0.25) is 5.02 Å². The second kappa shape index (κ2) is 5.54. The Morgan fingerprint density at radius 1 is 1.41 bits per heavy atom. The number of nitrogens with one attached hydrogen (secondary N) is 1. The molecule has 1 aromatic heterocycles. The number of furan rings is 1. The van der Waals surface area contributed by atoms with Crippen molar-refractivity contribution in [3.05, 3.63) is 35.0 Å². The molecule has 1 aromatic carbocycles. The molecule has 0 spiro atoms. The second-order valence-electron chi connectivity index (χ2n) is 4.19. The van der Waals surface area contributed by atoms with Crippen LogP contribution in [0.4, 0.5) is 0 Å². The Balaban J connectivity index is 2.27. The van der Waals surface area contributed by atoms with E-state index >= 15 is 0 Å². The molecule has 3 N–H and O–H groups in total. The summed E-state index contributed by atoms with van der Waals surface area (Å²) < 4.78 is 5.77. The molecule has 1 heterocycles. The Hall–Kier alpha value is -1.03. The lowest BCUT2D eigenvalue weighted by Gasteiger charge is -2.11. The summed E-state index contributed by atoms with van der Waals surface area (Å²) in [6.45, 7) is 2.16. The molecular formula is C13H17ClN2O. The molecule has 3 nitrogen and oxygen atoms in total. The lowest BCUT2D eigenvalue weighted by molar-refractivity contribution is 0.407. The first kappa shape index (κ1) is 12.4. The third-order valence-electron chi connectivity index (χ3n) is 2.89. The quantitative estimate of drug-likeness (QED) is 0.629. The van der Waals surface area contributed by atoms with Crippen molar-refractivity contribution in [1.82, 2.24) is 5.43 Å². The van der Waals surface area contributed by atoms with Crippen LogP contribution in [0, 0.1) is 0 Å². The Morgan fingerprint density at radius 2 is 2.24 bits per heavy atom. The van der Waals surface area contributed by atoms with Crippen LogP contribution in [0.1, 0.15) is 38.0 Å². The number of halogens is 1. The van der Waals surface area contributed by atoms with E-state index in [4.69, 9.17) is 21.9 Å². The average molecular weight is 253 g/mol. The molecule has 1 atom stereocenters. The fourth-order valence-electron chi connectivity index (χ4n) is 1.92. The van der Waals surface area contributed by atoms with Gasteiger partial charge in [-0.2, -0.15) is 0 Å².